The topological polar surface area (TPSA) is 38.3 Å². The van der Waals surface area contributed by atoms with E-state index in [2.05, 4.69) is 5.32 Å². The van der Waals surface area contributed by atoms with Gasteiger partial charge in [0.2, 0.25) is 0 Å². The van der Waals surface area contributed by atoms with E-state index in [0.29, 0.717) is 25.1 Å². The van der Waals surface area contributed by atoms with Gasteiger partial charge in [-0.05, 0) is 31.9 Å². The first-order valence-corrected chi connectivity index (χ1v) is 7.29. The summed E-state index contributed by atoms with van der Waals surface area (Å²) in [6, 6.07) is 6.41. The summed E-state index contributed by atoms with van der Waals surface area (Å²) >= 11 is 0. The summed E-state index contributed by atoms with van der Waals surface area (Å²) in [7, 11) is 0. The first-order chi connectivity index (χ1) is 9.59. The quantitative estimate of drug-likeness (QED) is 0.728. The van der Waals surface area contributed by atoms with Crippen LogP contribution in [0.3, 0.4) is 0 Å². The van der Waals surface area contributed by atoms with Crippen LogP contribution in [0.1, 0.15) is 46.5 Å². The van der Waals surface area contributed by atoms with Crippen molar-refractivity contribution in [3.63, 3.8) is 0 Å². The highest BCUT2D eigenvalue weighted by atomic mass is 19.1. The molecule has 4 heteroatoms. The van der Waals surface area contributed by atoms with Gasteiger partial charge in [-0.15, -0.1) is 0 Å². The minimum atomic E-state index is -0.846. The molecule has 20 heavy (non-hydrogen) atoms. The third kappa shape index (κ3) is 3.95. The lowest BCUT2D eigenvalue weighted by atomic mass is 9.88. The van der Waals surface area contributed by atoms with E-state index in [-0.39, 0.29) is 11.8 Å². The second-order valence-electron chi connectivity index (χ2n) is 4.91. The Bertz CT molecular complexity index is 428. The number of benzene rings is 1. The molecule has 1 N–H and O–H groups in total. The molecular weight excluding hydrogens is 257 g/mol. The number of para-hydroxylation sites is 1. The number of nitrogens with one attached hydrogen (secondary N) is 1. The van der Waals surface area contributed by atoms with Crippen LogP contribution in [0, 0.1) is 5.82 Å². The Hall–Kier alpha value is -1.58. The molecule has 0 heterocycles. The van der Waals surface area contributed by atoms with Gasteiger partial charge in [0.25, 0.3) is 0 Å². The van der Waals surface area contributed by atoms with E-state index in [1.807, 2.05) is 13.8 Å². The Morgan fingerprint density at radius 1 is 1.20 bits per heavy atom. The highest BCUT2D eigenvalue weighted by molar-refractivity contribution is 5.84. The molecule has 0 aliphatic carbocycles. The largest absolute Gasteiger partial charge is 0.464 e. The molecule has 0 radical (unpaired) electrons. The molecule has 1 rings (SSSR count). The Balaban J connectivity index is 3.08. The first-order valence-electron chi connectivity index (χ1n) is 7.29. The predicted molar refractivity (Wildman–Crippen MR) is 79.2 cm³/mol. The Labute approximate surface area is 120 Å². The van der Waals surface area contributed by atoms with E-state index in [1.165, 1.54) is 6.07 Å². The summed E-state index contributed by atoms with van der Waals surface area (Å²) in [5.74, 6) is -0.652. The molecule has 0 bridgehead atoms. The Kier molecular flexibility index (Phi) is 6.49. The van der Waals surface area contributed by atoms with Crippen molar-refractivity contribution in [1.29, 1.82) is 0 Å². The second-order valence-corrected chi connectivity index (χ2v) is 4.91. The molecular formula is C16H24FNO2. The van der Waals surface area contributed by atoms with E-state index >= 15 is 0 Å². The molecule has 1 aromatic rings. The third-order valence-corrected chi connectivity index (χ3v) is 3.27. The number of esters is 1. The fourth-order valence-electron chi connectivity index (χ4n) is 2.45. The van der Waals surface area contributed by atoms with Crippen molar-refractivity contribution >= 4 is 11.7 Å². The zero-order chi connectivity index (χ0) is 15.0. The van der Waals surface area contributed by atoms with Crippen molar-refractivity contribution in [3.05, 3.63) is 30.1 Å². The summed E-state index contributed by atoms with van der Waals surface area (Å²) < 4.78 is 19.0. The van der Waals surface area contributed by atoms with Gasteiger partial charge in [0.05, 0.1) is 12.3 Å². The zero-order valence-corrected chi connectivity index (χ0v) is 12.5. The van der Waals surface area contributed by atoms with Crippen LogP contribution in [-0.2, 0) is 9.53 Å². The number of carbonyl (C=O) groups excluding carboxylic acids is 1. The average molecular weight is 281 g/mol. The zero-order valence-electron chi connectivity index (χ0n) is 12.5. The first kappa shape index (κ1) is 16.5. The van der Waals surface area contributed by atoms with Gasteiger partial charge in [-0.3, -0.25) is 0 Å². The van der Waals surface area contributed by atoms with E-state index in [1.54, 1.807) is 25.1 Å². The highest BCUT2D eigenvalue weighted by Crippen LogP contribution is 2.28. The number of hydrogen-bond acceptors (Lipinski definition) is 3. The molecule has 1 aromatic carbocycles. The second kappa shape index (κ2) is 7.88. The standard InChI is InChI=1S/C16H24FNO2/c1-4-11-16(12-5-2,15(19)20-6-3)18-14-10-8-7-9-13(14)17/h7-10,18H,4-6,11-12H2,1-3H3. The van der Waals surface area contributed by atoms with Crippen LogP contribution >= 0.6 is 0 Å². The van der Waals surface area contributed by atoms with Crippen LogP contribution < -0.4 is 5.32 Å². The van der Waals surface area contributed by atoms with Crippen molar-refractivity contribution in [2.45, 2.75) is 52.0 Å². The number of rotatable bonds is 8. The number of carbonyl (C=O) groups is 1. The van der Waals surface area contributed by atoms with Gasteiger partial charge in [0, 0.05) is 0 Å². The van der Waals surface area contributed by atoms with E-state index in [0.717, 1.165) is 12.8 Å². The minimum absolute atomic E-state index is 0.299. The molecule has 0 aliphatic heterocycles. The van der Waals surface area contributed by atoms with Gasteiger partial charge in [-0.25, -0.2) is 9.18 Å². The van der Waals surface area contributed by atoms with E-state index in [9.17, 15) is 9.18 Å². The van der Waals surface area contributed by atoms with Crippen LogP contribution in [0.15, 0.2) is 24.3 Å². The van der Waals surface area contributed by atoms with Crippen molar-refractivity contribution in [3.8, 4) is 0 Å². The molecule has 3 nitrogen and oxygen atoms in total. The highest BCUT2D eigenvalue weighted by Gasteiger charge is 2.38. The lowest BCUT2D eigenvalue weighted by molar-refractivity contribution is -0.149. The van der Waals surface area contributed by atoms with Gasteiger partial charge in [-0.1, -0.05) is 38.8 Å². The normalized spacial score (nSPS) is 11.2. The Morgan fingerprint density at radius 3 is 2.30 bits per heavy atom. The molecule has 0 unspecified atom stereocenters. The van der Waals surface area contributed by atoms with Gasteiger partial charge in [0.15, 0.2) is 0 Å². The smallest absolute Gasteiger partial charge is 0.331 e. The molecule has 0 saturated heterocycles. The maximum Gasteiger partial charge on any atom is 0.331 e. The van der Waals surface area contributed by atoms with E-state index < -0.39 is 5.54 Å². The fraction of sp³-hybridized carbons (Fsp3) is 0.562. The summed E-state index contributed by atoms with van der Waals surface area (Å²) in [6.07, 6.45) is 2.88. The van der Waals surface area contributed by atoms with Crippen LogP contribution in [-0.4, -0.2) is 18.1 Å². The van der Waals surface area contributed by atoms with Crippen molar-refractivity contribution in [2.75, 3.05) is 11.9 Å². The molecule has 0 amide bonds. The van der Waals surface area contributed by atoms with Crippen LogP contribution in [0.5, 0.6) is 0 Å². The minimum Gasteiger partial charge on any atom is -0.464 e. The number of halogens is 1. The molecule has 0 aliphatic rings. The van der Waals surface area contributed by atoms with Crippen LogP contribution in [0.2, 0.25) is 0 Å². The SMILES string of the molecule is CCCC(CCC)(Nc1ccccc1F)C(=O)OCC. The monoisotopic (exact) mass is 281 g/mol. The number of anilines is 1. The molecule has 0 fully saturated rings. The van der Waals surface area contributed by atoms with Gasteiger partial charge >= 0.3 is 5.97 Å². The van der Waals surface area contributed by atoms with Crippen molar-refractivity contribution in [2.24, 2.45) is 0 Å². The third-order valence-electron chi connectivity index (χ3n) is 3.27. The Morgan fingerprint density at radius 2 is 1.80 bits per heavy atom. The molecule has 0 aromatic heterocycles. The lowest BCUT2D eigenvalue weighted by Crippen LogP contribution is -2.47. The van der Waals surface area contributed by atoms with E-state index in [4.69, 9.17) is 4.74 Å². The van der Waals surface area contributed by atoms with Crippen molar-refractivity contribution < 1.29 is 13.9 Å². The van der Waals surface area contributed by atoms with Gasteiger partial charge < -0.3 is 10.1 Å². The molecule has 0 saturated carbocycles. The molecule has 112 valence electrons. The summed E-state index contributed by atoms with van der Waals surface area (Å²) in [4.78, 5) is 12.4. The van der Waals surface area contributed by atoms with Crippen molar-refractivity contribution in [1.82, 2.24) is 0 Å². The summed E-state index contributed by atoms with van der Waals surface area (Å²) in [5, 5.41) is 3.10. The fourth-order valence-corrected chi connectivity index (χ4v) is 2.45. The molecule has 0 atom stereocenters. The average Bonchev–Trinajstić information content (AvgIpc) is 2.42. The lowest BCUT2D eigenvalue weighted by Gasteiger charge is -2.33. The predicted octanol–water partition coefficient (Wildman–Crippen LogP) is 4.14. The van der Waals surface area contributed by atoms with Crippen LogP contribution in [0.25, 0.3) is 0 Å². The maximum absolute atomic E-state index is 13.8. The van der Waals surface area contributed by atoms with Crippen LogP contribution in [0.4, 0.5) is 10.1 Å². The maximum atomic E-state index is 13.8. The number of hydrogen-bond donors (Lipinski definition) is 1. The molecule has 0 spiro atoms. The van der Waals surface area contributed by atoms with Gasteiger partial charge in [0.1, 0.15) is 11.4 Å². The van der Waals surface area contributed by atoms with Gasteiger partial charge in [-0.2, -0.15) is 0 Å². The number of ether oxygens (including phenoxy) is 1. The summed E-state index contributed by atoms with van der Waals surface area (Å²) in [5.41, 5.74) is -0.496. The summed E-state index contributed by atoms with van der Waals surface area (Å²) in [6.45, 7) is 6.12.